The van der Waals surface area contributed by atoms with Crippen molar-refractivity contribution in [3.05, 3.63) is 64.7 Å². The van der Waals surface area contributed by atoms with Gasteiger partial charge in [0.1, 0.15) is 0 Å². The smallest absolute Gasteiger partial charge is 0.232 e. The van der Waals surface area contributed by atoms with E-state index in [9.17, 15) is 13.2 Å². The van der Waals surface area contributed by atoms with Gasteiger partial charge in [-0.2, -0.15) is 0 Å². The van der Waals surface area contributed by atoms with E-state index in [1.807, 2.05) is 57.2 Å². The van der Waals surface area contributed by atoms with Crippen molar-refractivity contribution in [3.63, 3.8) is 0 Å². The summed E-state index contributed by atoms with van der Waals surface area (Å²) in [6.07, 6.45) is 1.47. The molecule has 0 radical (unpaired) electrons. The number of benzene rings is 2. The Morgan fingerprint density at radius 2 is 1.77 bits per heavy atom. The highest BCUT2D eigenvalue weighted by Crippen LogP contribution is 2.24. The van der Waals surface area contributed by atoms with Gasteiger partial charge in [-0.3, -0.25) is 9.10 Å². The zero-order valence-corrected chi connectivity index (χ0v) is 16.6. The highest BCUT2D eigenvalue weighted by atomic mass is 32.2. The minimum Gasteiger partial charge on any atom is -0.354 e. The lowest BCUT2D eigenvalue weighted by molar-refractivity contribution is -0.120. The lowest BCUT2D eigenvalue weighted by Gasteiger charge is -2.25. The molecular weight excluding hydrogens is 348 g/mol. The molecule has 0 aliphatic carbocycles. The first-order valence-corrected chi connectivity index (χ1v) is 10.4. The Morgan fingerprint density at radius 1 is 1.08 bits per heavy atom. The summed E-state index contributed by atoms with van der Waals surface area (Å²) in [5.41, 5.74) is 4.65. The Morgan fingerprint density at radius 3 is 2.42 bits per heavy atom. The fourth-order valence-electron chi connectivity index (χ4n) is 2.84. The van der Waals surface area contributed by atoms with Gasteiger partial charge in [0, 0.05) is 6.54 Å². The zero-order valence-electron chi connectivity index (χ0n) is 15.7. The fourth-order valence-corrected chi connectivity index (χ4v) is 3.82. The molecule has 2 aromatic carbocycles. The number of carbonyl (C=O) groups is 1. The summed E-state index contributed by atoms with van der Waals surface area (Å²) in [6, 6.07) is 13.4. The van der Waals surface area contributed by atoms with Gasteiger partial charge in [0.15, 0.2) is 0 Å². The molecule has 26 heavy (non-hydrogen) atoms. The largest absolute Gasteiger partial charge is 0.354 e. The third-order valence-corrected chi connectivity index (χ3v) is 5.51. The van der Waals surface area contributed by atoms with E-state index in [0.717, 1.165) is 22.3 Å². The average molecular weight is 375 g/mol. The summed E-state index contributed by atoms with van der Waals surface area (Å²) in [6.45, 7) is 6.28. The van der Waals surface area contributed by atoms with Crippen molar-refractivity contribution in [2.75, 3.05) is 23.7 Å². The monoisotopic (exact) mass is 374 g/mol. The summed E-state index contributed by atoms with van der Waals surface area (Å²) in [7, 11) is -3.44. The van der Waals surface area contributed by atoms with Crippen molar-refractivity contribution in [2.45, 2.75) is 27.2 Å². The Kier molecular flexibility index (Phi) is 6.42. The predicted octanol–water partition coefficient (Wildman–Crippen LogP) is 2.74. The van der Waals surface area contributed by atoms with E-state index in [1.54, 1.807) is 6.07 Å². The fraction of sp³-hybridized carbons (Fsp3) is 0.350. The molecule has 5 nitrogen and oxygen atoms in total. The second kappa shape index (κ2) is 8.36. The van der Waals surface area contributed by atoms with Gasteiger partial charge in [0.2, 0.25) is 15.9 Å². The molecule has 0 atom stereocenters. The standard InChI is InChI=1S/C20H26N2O3S/c1-15-7-5-9-18(13-15)14-20(23)21-11-12-22(26(4,24)25)19-10-6-8-16(2)17(19)3/h5-10,13H,11-12,14H2,1-4H3,(H,21,23). The molecule has 0 heterocycles. The summed E-state index contributed by atoms with van der Waals surface area (Å²) < 4.78 is 25.8. The van der Waals surface area contributed by atoms with Crippen LogP contribution in [0.1, 0.15) is 22.3 Å². The molecule has 0 unspecified atom stereocenters. The van der Waals surface area contributed by atoms with Crippen LogP contribution in [-0.2, 0) is 21.2 Å². The van der Waals surface area contributed by atoms with E-state index in [0.29, 0.717) is 5.69 Å². The third kappa shape index (κ3) is 5.33. The number of nitrogens with zero attached hydrogens (tertiary/aromatic N) is 1. The maximum absolute atomic E-state index is 12.2. The summed E-state index contributed by atoms with van der Waals surface area (Å²) in [4.78, 5) is 12.1. The summed E-state index contributed by atoms with van der Waals surface area (Å²) in [5, 5.41) is 2.81. The van der Waals surface area contributed by atoms with Crippen LogP contribution in [0.2, 0.25) is 0 Å². The van der Waals surface area contributed by atoms with Crippen molar-refractivity contribution < 1.29 is 13.2 Å². The van der Waals surface area contributed by atoms with E-state index in [-0.39, 0.29) is 25.4 Å². The minimum absolute atomic E-state index is 0.120. The predicted molar refractivity (Wildman–Crippen MR) is 106 cm³/mol. The minimum atomic E-state index is -3.44. The molecule has 0 aliphatic rings. The quantitative estimate of drug-likeness (QED) is 0.810. The van der Waals surface area contributed by atoms with Crippen LogP contribution < -0.4 is 9.62 Å². The SMILES string of the molecule is Cc1cccc(CC(=O)NCCN(c2cccc(C)c2C)S(C)(=O)=O)c1. The number of nitrogens with one attached hydrogen (secondary N) is 1. The van der Waals surface area contributed by atoms with Crippen molar-refractivity contribution >= 4 is 21.6 Å². The van der Waals surface area contributed by atoms with Crippen molar-refractivity contribution in [1.82, 2.24) is 5.32 Å². The zero-order chi connectivity index (χ0) is 19.3. The van der Waals surface area contributed by atoms with Crippen molar-refractivity contribution in [1.29, 1.82) is 0 Å². The van der Waals surface area contributed by atoms with Gasteiger partial charge in [0.05, 0.1) is 24.9 Å². The maximum atomic E-state index is 12.2. The number of hydrogen-bond acceptors (Lipinski definition) is 3. The summed E-state index contributed by atoms with van der Waals surface area (Å²) >= 11 is 0. The number of carbonyl (C=O) groups excluding carboxylic acids is 1. The molecule has 0 aromatic heterocycles. The normalized spacial score (nSPS) is 11.2. The van der Waals surface area contributed by atoms with E-state index >= 15 is 0 Å². The molecule has 6 heteroatoms. The third-order valence-electron chi connectivity index (χ3n) is 4.33. The van der Waals surface area contributed by atoms with Crippen LogP contribution in [-0.4, -0.2) is 33.7 Å². The van der Waals surface area contributed by atoms with Crippen LogP contribution in [0, 0.1) is 20.8 Å². The van der Waals surface area contributed by atoms with Gasteiger partial charge in [-0.25, -0.2) is 8.42 Å². The molecule has 0 bridgehead atoms. The van der Waals surface area contributed by atoms with E-state index in [4.69, 9.17) is 0 Å². The molecule has 0 fully saturated rings. The molecule has 1 N–H and O–H groups in total. The maximum Gasteiger partial charge on any atom is 0.232 e. The average Bonchev–Trinajstić information content (AvgIpc) is 2.53. The number of rotatable bonds is 7. The first-order valence-electron chi connectivity index (χ1n) is 8.54. The number of aryl methyl sites for hydroxylation is 2. The Hall–Kier alpha value is -2.34. The van der Waals surface area contributed by atoms with E-state index in [2.05, 4.69) is 5.32 Å². The second-order valence-corrected chi connectivity index (χ2v) is 8.48. The topological polar surface area (TPSA) is 66.5 Å². The second-order valence-electron chi connectivity index (χ2n) is 6.57. The van der Waals surface area contributed by atoms with Crippen molar-refractivity contribution in [3.8, 4) is 0 Å². The molecule has 0 saturated heterocycles. The molecule has 2 aromatic rings. The van der Waals surface area contributed by atoms with Gasteiger partial charge < -0.3 is 5.32 Å². The van der Waals surface area contributed by atoms with Crippen molar-refractivity contribution in [2.24, 2.45) is 0 Å². The van der Waals surface area contributed by atoms with Gasteiger partial charge in [0.25, 0.3) is 0 Å². The number of sulfonamides is 1. The van der Waals surface area contributed by atoms with Gasteiger partial charge in [-0.15, -0.1) is 0 Å². The van der Waals surface area contributed by atoms with Gasteiger partial charge in [-0.05, 0) is 43.5 Å². The van der Waals surface area contributed by atoms with Crippen LogP contribution >= 0.6 is 0 Å². The Bertz CT molecular complexity index is 892. The molecule has 1 amide bonds. The number of anilines is 1. The van der Waals surface area contributed by atoms with Crippen LogP contribution in [0.25, 0.3) is 0 Å². The molecular formula is C20H26N2O3S. The lowest BCUT2D eigenvalue weighted by atomic mass is 10.1. The summed E-state index contributed by atoms with van der Waals surface area (Å²) in [5.74, 6) is -0.120. The molecule has 0 spiro atoms. The number of amides is 1. The molecule has 0 aliphatic heterocycles. The Balaban J connectivity index is 2.02. The molecule has 0 saturated carbocycles. The Labute approximate surface area is 156 Å². The first kappa shape index (κ1) is 20.0. The van der Waals surface area contributed by atoms with Gasteiger partial charge in [-0.1, -0.05) is 42.0 Å². The molecule has 140 valence electrons. The van der Waals surface area contributed by atoms with Crippen LogP contribution in [0.3, 0.4) is 0 Å². The van der Waals surface area contributed by atoms with Crippen LogP contribution in [0.5, 0.6) is 0 Å². The number of hydrogen-bond donors (Lipinski definition) is 1. The first-order chi connectivity index (χ1) is 12.2. The highest BCUT2D eigenvalue weighted by molar-refractivity contribution is 7.92. The van der Waals surface area contributed by atoms with E-state index in [1.165, 1.54) is 10.6 Å². The van der Waals surface area contributed by atoms with Crippen LogP contribution in [0.4, 0.5) is 5.69 Å². The van der Waals surface area contributed by atoms with Gasteiger partial charge >= 0.3 is 0 Å². The van der Waals surface area contributed by atoms with E-state index < -0.39 is 10.0 Å². The highest BCUT2D eigenvalue weighted by Gasteiger charge is 2.19. The molecule has 2 rings (SSSR count). The lowest BCUT2D eigenvalue weighted by Crippen LogP contribution is -2.39. The van der Waals surface area contributed by atoms with Crippen LogP contribution in [0.15, 0.2) is 42.5 Å².